The standard InChI is InChI=1S/C19H19NO9S/c1-12-2-4-14(5-3-12)30(25,26)28-11-13-10-27-17-8-7-16(20(23)24)15(19(17)29-13)6-9-18(21)22/h2-5,7-8,13H,6,9-11H2,1H3,(H,21,22). The van der Waals surface area contributed by atoms with Crippen molar-refractivity contribution in [3.8, 4) is 11.5 Å². The summed E-state index contributed by atoms with van der Waals surface area (Å²) in [5, 5.41) is 20.3. The van der Waals surface area contributed by atoms with E-state index in [-0.39, 0.29) is 53.7 Å². The summed E-state index contributed by atoms with van der Waals surface area (Å²) < 4.78 is 41.0. The van der Waals surface area contributed by atoms with E-state index in [4.69, 9.17) is 18.8 Å². The number of nitro benzene ring substituents is 1. The first-order valence-electron chi connectivity index (χ1n) is 8.95. The first-order valence-corrected chi connectivity index (χ1v) is 10.4. The van der Waals surface area contributed by atoms with Crippen LogP contribution in [0, 0.1) is 17.0 Å². The Bertz CT molecular complexity index is 1060. The predicted molar refractivity (Wildman–Crippen MR) is 103 cm³/mol. The van der Waals surface area contributed by atoms with Gasteiger partial charge in [0.15, 0.2) is 17.6 Å². The van der Waals surface area contributed by atoms with Crippen molar-refractivity contribution >= 4 is 21.8 Å². The van der Waals surface area contributed by atoms with Gasteiger partial charge in [-0.25, -0.2) is 0 Å². The predicted octanol–water partition coefficient (Wildman–Crippen LogP) is 2.47. The van der Waals surface area contributed by atoms with Crippen molar-refractivity contribution in [2.75, 3.05) is 13.2 Å². The molecule has 1 aliphatic rings. The molecule has 3 rings (SSSR count). The Labute approximate surface area is 172 Å². The Morgan fingerprint density at radius 2 is 1.97 bits per heavy atom. The third-order valence-electron chi connectivity index (χ3n) is 4.41. The number of carbonyl (C=O) groups is 1. The lowest BCUT2D eigenvalue weighted by Crippen LogP contribution is -2.34. The minimum absolute atomic E-state index is 0.0111. The molecule has 1 N–H and O–H groups in total. The summed E-state index contributed by atoms with van der Waals surface area (Å²) in [5.41, 5.74) is 0.670. The summed E-state index contributed by atoms with van der Waals surface area (Å²) in [7, 11) is -4.03. The summed E-state index contributed by atoms with van der Waals surface area (Å²) >= 11 is 0. The summed E-state index contributed by atoms with van der Waals surface area (Å²) in [6.45, 7) is 1.41. The number of ether oxygens (including phenoxy) is 2. The number of carboxylic acid groups (broad SMARTS) is 1. The lowest BCUT2D eigenvalue weighted by Gasteiger charge is -2.27. The molecule has 1 atom stereocenters. The van der Waals surface area contributed by atoms with Crippen LogP contribution in [0.25, 0.3) is 0 Å². The number of hydrogen-bond acceptors (Lipinski definition) is 8. The van der Waals surface area contributed by atoms with E-state index in [1.807, 2.05) is 6.92 Å². The van der Waals surface area contributed by atoms with Crippen LogP contribution >= 0.6 is 0 Å². The Hall–Kier alpha value is -3.18. The molecule has 30 heavy (non-hydrogen) atoms. The molecule has 1 aliphatic heterocycles. The highest BCUT2D eigenvalue weighted by Gasteiger charge is 2.30. The molecule has 11 heteroatoms. The Balaban J connectivity index is 1.78. The Morgan fingerprint density at radius 3 is 2.60 bits per heavy atom. The average molecular weight is 437 g/mol. The molecular weight excluding hydrogens is 418 g/mol. The topological polar surface area (TPSA) is 142 Å². The molecule has 0 amide bonds. The van der Waals surface area contributed by atoms with E-state index in [0.29, 0.717) is 0 Å². The smallest absolute Gasteiger partial charge is 0.303 e. The van der Waals surface area contributed by atoms with Crippen LogP contribution in [0.3, 0.4) is 0 Å². The number of rotatable bonds is 8. The zero-order chi connectivity index (χ0) is 21.9. The van der Waals surface area contributed by atoms with Gasteiger partial charge in [0.25, 0.3) is 15.8 Å². The molecule has 2 aromatic carbocycles. The van der Waals surface area contributed by atoms with Gasteiger partial charge >= 0.3 is 5.97 Å². The van der Waals surface area contributed by atoms with E-state index in [9.17, 15) is 23.3 Å². The fourth-order valence-corrected chi connectivity index (χ4v) is 3.82. The maximum absolute atomic E-state index is 12.3. The van der Waals surface area contributed by atoms with Crippen molar-refractivity contribution in [3.63, 3.8) is 0 Å². The van der Waals surface area contributed by atoms with Crippen LogP contribution in [-0.4, -0.2) is 43.7 Å². The average Bonchev–Trinajstić information content (AvgIpc) is 2.70. The first kappa shape index (κ1) is 21.5. The van der Waals surface area contributed by atoms with Crippen molar-refractivity contribution < 1.29 is 36.9 Å². The number of aryl methyl sites for hydroxylation is 1. The fraction of sp³-hybridized carbons (Fsp3) is 0.316. The zero-order valence-electron chi connectivity index (χ0n) is 15.9. The van der Waals surface area contributed by atoms with Gasteiger partial charge in [0.05, 0.1) is 15.4 Å². The van der Waals surface area contributed by atoms with Crippen molar-refractivity contribution in [2.45, 2.75) is 30.8 Å². The van der Waals surface area contributed by atoms with Crippen LogP contribution in [0.1, 0.15) is 17.5 Å². The van der Waals surface area contributed by atoms with Crippen molar-refractivity contribution in [1.82, 2.24) is 0 Å². The summed E-state index contributed by atoms with van der Waals surface area (Å²) in [6.07, 6.45) is -1.35. The monoisotopic (exact) mass is 437 g/mol. The maximum Gasteiger partial charge on any atom is 0.303 e. The quantitative estimate of drug-likeness (QED) is 0.374. The van der Waals surface area contributed by atoms with E-state index >= 15 is 0 Å². The maximum atomic E-state index is 12.3. The molecule has 10 nitrogen and oxygen atoms in total. The van der Waals surface area contributed by atoms with Crippen LogP contribution in [-0.2, 0) is 25.5 Å². The minimum atomic E-state index is -4.03. The molecule has 160 valence electrons. The van der Waals surface area contributed by atoms with Gasteiger partial charge in [-0.2, -0.15) is 8.42 Å². The highest BCUT2D eigenvalue weighted by atomic mass is 32.2. The Morgan fingerprint density at radius 1 is 1.27 bits per heavy atom. The third-order valence-corrected chi connectivity index (χ3v) is 5.71. The van der Waals surface area contributed by atoms with Gasteiger partial charge < -0.3 is 14.6 Å². The number of benzene rings is 2. The molecular formula is C19H19NO9S. The molecule has 0 aliphatic carbocycles. The van der Waals surface area contributed by atoms with E-state index in [0.717, 1.165) is 5.56 Å². The largest absolute Gasteiger partial charge is 0.486 e. The van der Waals surface area contributed by atoms with Crippen LogP contribution in [0.2, 0.25) is 0 Å². The molecule has 0 fully saturated rings. The van der Waals surface area contributed by atoms with Gasteiger partial charge in [-0.1, -0.05) is 17.7 Å². The lowest BCUT2D eigenvalue weighted by molar-refractivity contribution is -0.385. The van der Waals surface area contributed by atoms with Gasteiger partial charge in [0.2, 0.25) is 0 Å². The SMILES string of the molecule is Cc1ccc(S(=O)(=O)OCC2COc3ccc([N+](=O)[O-])c(CCC(=O)O)c3O2)cc1. The number of hydrogen-bond donors (Lipinski definition) is 1. The molecule has 1 heterocycles. The molecule has 0 saturated carbocycles. The molecule has 0 bridgehead atoms. The van der Waals surface area contributed by atoms with E-state index in [1.54, 1.807) is 12.1 Å². The Kier molecular flexibility index (Phi) is 6.22. The highest BCUT2D eigenvalue weighted by molar-refractivity contribution is 7.86. The molecule has 0 aromatic heterocycles. The van der Waals surface area contributed by atoms with Crippen molar-refractivity contribution in [2.24, 2.45) is 0 Å². The van der Waals surface area contributed by atoms with Crippen LogP contribution < -0.4 is 9.47 Å². The van der Waals surface area contributed by atoms with Gasteiger partial charge in [-0.05, 0) is 31.5 Å². The van der Waals surface area contributed by atoms with Crippen molar-refractivity contribution in [1.29, 1.82) is 0 Å². The fourth-order valence-electron chi connectivity index (χ4n) is 2.89. The minimum Gasteiger partial charge on any atom is -0.486 e. The highest BCUT2D eigenvalue weighted by Crippen LogP contribution is 2.41. The molecule has 1 unspecified atom stereocenters. The lowest BCUT2D eigenvalue weighted by atomic mass is 10.0. The summed E-state index contributed by atoms with van der Waals surface area (Å²) in [5.74, 6) is -0.876. The third kappa shape index (κ3) is 4.86. The van der Waals surface area contributed by atoms with E-state index in [2.05, 4.69) is 0 Å². The van der Waals surface area contributed by atoms with Gasteiger partial charge in [-0.3, -0.25) is 19.1 Å². The van der Waals surface area contributed by atoms with Crippen LogP contribution in [0.4, 0.5) is 5.69 Å². The zero-order valence-corrected chi connectivity index (χ0v) is 16.8. The number of fused-ring (bicyclic) bond motifs is 1. The molecule has 0 spiro atoms. The van der Waals surface area contributed by atoms with Gasteiger partial charge in [0, 0.05) is 12.5 Å². The van der Waals surface area contributed by atoms with Crippen LogP contribution in [0.15, 0.2) is 41.3 Å². The van der Waals surface area contributed by atoms with Crippen molar-refractivity contribution in [3.05, 3.63) is 57.6 Å². The molecule has 0 radical (unpaired) electrons. The van der Waals surface area contributed by atoms with Gasteiger partial charge in [0.1, 0.15) is 13.2 Å². The number of aliphatic carboxylic acids is 1. The second kappa shape index (κ2) is 8.67. The summed E-state index contributed by atoms with van der Waals surface area (Å²) in [4.78, 5) is 21.6. The van der Waals surface area contributed by atoms with E-state index in [1.165, 1.54) is 24.3 Å². The van der Waals surface area contributed by atoms with Gasteiger partial charge in [-0.15, -0.1) is 0 Å². The molecule has 0 saturated heterocycles. The first-order chi connectivity index (χ1) is 14.2. The number of nitrogens with zero attached hydrogens (tertiary/aromatic N) is 1. The number of carboxylic acids is 1. The molecule has 2 aromatic rings. The second-order valence-electron chi connectivity index (χ2n) is 6.64. The number of nitro groups is 1. The second-order valence-corrected chi connectivity index (χ2v) is 8.26. The van der Waals surface area contributed by atoms with Crippen LogP contribution in [0.5, 0.6) is 11.5 Å². The summed E-state index contributed by atoms with van der Waals surface area (Å²) in [6, 6.07) is 8.70. The normalized spacial score (nSPS) is 15.6. The van der Waals surface area contributed by atoms with E-state index < -0.39 is 27.1 Å².